The molecule has 124 valence electrons. The first-order chi connectivity index (χ1) is 10.2. The van der Waals surface area contributed by atoms with Crippen LogP contribution in [0.15, 0.2) is 24.3 Å². The van der Waals surface area contributed by atoms with Gasteiger partial charge in [0.2, 0.25) is 0 Å². The van der Waals surface area contributed by atoms with Crippen LogP contribution in [0.3, 0.4) is 0 Å². The van der Waals surface area contributed by atoms with Gasteiger partial charge in [0.25, 0.3) is 0 Å². The van der Waals surface area contributed by atoms with Crippen molar-refractivity contribution in [2.24, 2.45) is 0 Å². The van der Waals surface area contributed by atoms with Gasteiger partial charge in [-0.25, -0.2) is 0 Å². The summed E-state index contributed by atoms with van der Waals surface area (Å²) in [4.78, 5) is 0. The maximum atomic E-state index is 10.2. The average Bonchev–Trinajstić information content (AvgIpc) is 2.44. The molecule has 2 rings (SSSR count). The Morgan fingerprint density at radius 1 is 1.32 bits per heavy atom. The van der Waals surface area contributed by atoms with Crippen LogP contribution in [0.25, 0.3) is 0 Å². The van der Waals surface area contributed by atoms with Gasteiger partial charge in [0.05, 0.1) is 40.9 Å². The van der Waals surface area contributed by atoms with Crippen molar-refractivity contribution in [1.29, 1.82) is 0 Å². The Kier molecular flexibility index (Phi) is 5.78. The molecule has 0 aliphatic heterocycles. The second-order valence-corrected chi connectivity index (χ2v) is 9.73. The van der Waals surface area contributed by atoms with E-state index in [1.165, 1.54) is 12.0 Å². The lowest BCUT2D eigenvalue weighted by Crippen LogP contribution is -2.47. The summed E-state index contributed by atoms with van der Waals surface area (Å²) < 4.78 is 6.35. The highest BCUT2D eigenvalue weighted by atomic mass is 127. The maximum Gasteiger partial charge on any atom is 0.118 e. The van der Waals surface area contributed by atoms with Crippen molar-refractivity contribution in [1.82, 2.24) is 0 Å². The third kappa shape index (κ3) is 4.59. The third-order valence-corrected chi connectivity index (χ3v) is 6.31. The molecule has 4 heteroatoms. The Hall–Kier alpha value is -0.330. The van der Waals surface area contributed by atoms with Gasteiger partial charge in [-0.2, -0.15) is 0 Å². The molecule has 0 spiro atoms. The van der Waals surface area contributed by atoms with E-state index < -0.39 is 0 Å². The second kappa shape index (κ2) is 7.05. The number of likely N-dealkylation sites (N-methyl/N-ethyl adjacent to an activating group) is 1. The molecule has 1 aliphatic rings. The lowest BCUT2D eigenvalue weighted by molar-refractivity contribution is -0.872. The molecule has 1 fully saturated rings. The summed E-state index contributed by atoms with van der Waals surface area (Å²) >= 11 is 2.63. The predicted molar refractivity (Wildman–Crippen MR) is 99.9 cm³/mol. The fraction of sp³-hybridized carbons (Fsp3) is 0.667. The molecule has 1 saturated carbocycles. The van der Waals surface area contributed by atoms with E-state index in [1.807, 2.05) is 0 Å². The number of hydrogen-bond donors (Lipinski definition) is 1. The minimum Gasteiger partial charge on any atom is -0.497 e. The number of quaternary nitrogens is 1. The zero-order chi connectivity index (χ0) is 16.4. The van der Waals surface area contributed by atoms with E-state index in [1.54, 1.807) is 7.11 Å². The monoisotopic (exact) mass is 418 g/mol. The maximum absolute atomic E-state index is 10.2. The van der Waals surface area contributed by atoms with Crippen LogP contribution < -0.4 is 4.74 Å². The van der Waals surface area contributed by atoms with Gasteiger partial charge < -0.3 is 14.3 Å². The Balaban J connectivity index is 2.32. The van der Waals surface area contributed by atoms with Crippen molar-refractivity contribution < 1.29 is 14.3 Å². The van der Waals surface area contributed by atoms with Crippen LogP contribution in [0.2, 0.25) is 0 Å². The Morgan fingerprint density at radius 3 is 2.45 bits per heavy atom. The van der Waals surface area contributed by atoms with Crippen LogP contribution in [0.1, 0.15) is 37.2 Å². The summed E-state index contributed by atoms with van der Waals surface area (Å²) in [5.74, 6) is 1.34. The van der Waals surface area contributed by atoms with E-state index in [0.29, 0.717) is 5.92 Å². The lowest BCUT2D eigenvalue weighted by atomic mass is 9.75. The summed E-state index contributed by atoms with van der Waals surface area (Å²) in [6.45, 7) is 1.07. The third-order valence-electron chi connectivity index (χ3n) is 4.58. The molecule has 0 bridgehead atoms. The van der Waals surface area contributed by atoms with Gasteiger partial charge in [0.15, 0.2) is 0 Å². The molecule has 0 saturated heterocycles. The fourth-order valence-electron chi connectivity index (χ4n) is 3.50. The number of ether oxygens (including phenoxy) is 1. The van der Waals surface area contributed by atoms with Gasteiger partial charge in [-0.3, -0.25) is 0 Å². The zero-order valence-corrected chi connectivity index (χ0v) is 16.3. The fourth-order valence-corrected chi connectivity index (χ4v) is 4.94. The Bertz CT molecular complexity index is 483. The van der Waals surface area contributed by atoms with Crippen molar-refractivity contribution in [2.75, 3.05) is 34.8 Å². The molecule has 22 heavy (non-hydrogen) atoms. The van der Waals surface area contributed by atoms with E-state index in [-0.39, 0.29) is 9.53 Å². The number of nitrogens with zero attached hydrogens (tertiary/aromatic N) is 1. The Labute approximate surface area is 148 Å². The minimum atomic E-state index is -0.154. The van der Waals surface area contributed by atoms with Gasteiger partial charge >= 0.3 is 0 Å². The van der Waals surface area contributed by atoms with Crippen molar-refractivity contribution in [2.45, 2.75) is 41.1 Å². The molecular weight excluding hydrogens is 389 g/mol. The normalized spacial score (nSPS) is 27.5. The molecule has 0 aromatic heterocycles. The molecule has 1 aromatic rings. The topological polar surface area (TPSA) is 29.5 Å². The number of methoxy groups -OCH3 is 1. The Morgan fingerprint density at radius 2 is 1.95 bits per heavy atom. The van der Waals surface area contributed by atoms with Crippen molar-refractivity contribution >= 4 is 22.6 Å². The zero-order valence-electron chi connectivity index (χ0n) is 14.2. The minimum absolute atomic E-state index is 0.134. The standard InChI is InChI=1S/C18H29INO2/c1-20(2,3)13-17(14-7-9-16(22-4)10-8-14)18(19)11-5-6-15(21)12-18/h7-10,15,17,21H,5-6,11-13H2,1-4H3/q+1. The first-order valence-electron chi connectivity index (χ1n) is 8.05. The number of aliphatic hydroxyl groups excluding tert-OH is 1. The van der Waals surface area contributed by atoms with E-state index in [9.17, 15) is 5.11 Å². The molecule has 0 amide bonds. The first kappa shape index (κ1) is 18.0. The lowest BCUT2D eigenvalue weighted by Gasteiger charge is -2.43. The van der Waals surface area contributed by atoms with Gasteiger partial charge in [-0.05, 0) is 43.4 Å². The van der Waals surface area contributed by atoms with Crippen LogP contribution in [-0.2, 0) is 0 Å². The summed E-state index contributed by atoms with van der Waals surface area (Å²) in [6, 6.07) is 8.50. The predicted octanol–water partition coefficient (Wildman–Crippen LogP) is 3.59. The highest BCUT2D eigenvalue weighted by Gasteiger charge is 2.43. The SMILES string of the molecule is COc1ccc(C(C[N+](C)(C)C)C2(I)CCCC(O)C2)cc1. The molecule has 0 heterocycles. The summed E-state index contributed by atoms with van der Waals surface area (Å²) in [7, 11) is 8.44. The molecule has 3 nitrogen and oxygen atoms in total. The van der Waals surface area contributed by atoms with E-state index in [0.717, 1.165) is 36.0 Å². The molecular formula is C18H29INO2+. The molecule has 1 aliphatic carbocycles. The molecule has 1 aromatic carbocycles. The number of hydrogen-bond acceptors (Lipinski definition) is 2. The van der Waals surface area contributed by atoms with Gasteiger partial charge in [-0.1, -0.05) is 34.7 Å². The van der Waals surface area contributed by atoms with Crippen LogP contribution in [0.5, 0.6) is 5.75 Å². The van der Waals surface area contributed by atoms with Gasteiger partial charge in [-0.15, -0.1) is 0 Å². The van der Waals surface area contributed by atoms with E-state index in [2.05, 4.69) is 68.0 Å². The molecule has 3 unspecified atom stereocenters. The summed E-state index contributed by atoms with van der Waals surface area (Å²) in [5, 5.41) is 10.2. The second-order valence-electron chi connectivity index (χ2n) is 7.58. The summed E-state index contributed by atoms with van der Waals surface area (Å²) in [6.07, 6.45) is 3.99. The van der Waals surface area contributed by atoms with Crippen LogP contribution in [0, 0.1) is 0 Å². The number of alkyl halides is 1. The van der Waals surface area contributed by atoms with Crippen molar-refractivity contribution in [3.05, 3.63) is 29.8 Å². The van der Waals surface area contributed by atoms with Gasteiger partial charge in [0.1, 0.15) is 5.75 Å². The summed E-state index contributed by atoms with van der Waals surface area (Å²) in [5.41, 5.74) is 1.36. The van der Waals surface area contributed by atoms with Crippen LogP contribution in [0.4, 0.5) is 0 Å². The number of rotatable bonds is 5. The number of aliphatic hydroxyl groups is 1. The van der Waals surface area contributed by atoms with E-state index >= 15 is 0 Å². The smallest absolute Gasteiger partial charge is 0.118 e. The number of benzene rings is 1. The largest absolute Gasteiger partial charge is 0.497 e. The van der Waals surface area contributed by atoms with Crippen LogP contribution >= 0.6 is 22.6 Å². The molecule has 0 radical (unpaired) electrons. The first-order valence-corrected chi connectivity index (χ1v) is 9.13. The van der Waals surface area contributed by atoms with Crippen molar-refractivity contribution in [3.8, 4) is 5.75 Å². The quantitative estimate of drug-likeness (QED) is 0.450. The van der Waals surface area contributed by atoms with E-state index in [4.69, 9.17) is 4.74 Å². The highest BCUT2D eigenvalue weighted by molar-refractivity contribution is 14.1. The molecule has 3 atom stereocenters. The van der Waals surface area contributed by atoms with Crippen LogP contribution in [-0.4, -0.2) is 53.9 Å². The molecule has 1 N–H and O–H groups in total. The van der Waals surface area contributed by atoms with Crippen molar-refractivity contribution in [3.63, 3.8) is 0 Å². The van der Waals surface area contributed by atoms with Gasteiger partial charge in [0, 0.05) is 9.34 Å². The average molecular weight is 418 g/mol. The number of halogens is 1. The highest BCUT2D eigenvalue weighted by Crippen LogP contribution is 2.47.